The van der Waals surface area contributed by atoms with Crippen LogP contribution in [0.1, 0.15) is 15.9 Å². The zero-order valence-electron chi connectivity index (χ0n) is 23.1. The molecule has 10 heteroatoms. The van der Waals surface area contributed by atoms with Gasteiger partial charge in [0.15, 0.2) is 0 Å². The Balaban J connectivity index is 1.07. The van der Waals surface area contributed by atoms with Crippen molar-refractivity contribution < 1.29 is 19.1 Å². The monoisotopic (exact) mass is 571 g/mol. The Kier molecular flexibility index (Phi) is 7.84. The van der Waals surface area contributed by atoms with Gasteiger partial charge in [-0.05, 0) is 72.4 Å². The molecule has 3 heterocycles. The summed E-state index contributed by atoms with van der Waals surface area (Å²) < 4.78 is 10.7. The van der Waals surface area contributed by atoms with Crippen molar-refractivity contribution >= 4 is 40.5 Å². The lowest BCUT2D eigenvalue weighted by atomic mass is 9.93. The van der Waals surface area contributed by atoms with Crippen LogP contribution in [0.3, 0.4) is 0 Å². The van der Waals surface area contributed by atoms with E-state index in [0.29, 0.717) is 44.1 Å². The first-order valence-electron chi connectivity index (χ1n) is 13.9. The van der Waals surface area contributed by atoms with Crippen LogP contribution >= 0.6 is 12.2 Å². The molecule has 4 aliphatic rings. The Hall–Kier alpha value is -4.02. The molecule has 2 aromatic carbocycles. The molecule has 1 unspecified atom stereocenters. The van der Waals surface area contributed by atoms with E-state index in [1.54, 1.807) is 12.0 Å². The van der Waals surface area contributed by atoms with Crippen LogP contribution in [0.5, 0.6) is 5.75 Å². The number of morpholine rings is 1. The van der Waals surface area contributed by atoms with Crippen molar-refractivity contribution in [3.05, 3.63) is 83.6 Å². The SMILES string of the molecule is COc1ccc(N2CCN(C(=O)c3ccc(CN4C(=O)C5C=C(N6CCOCC6)C=CC5=NC4=S)cc3)CC2)cc1. The minimum Gasteiger partial charge on any atom is -0.497 e. The normalized spacial score (nSPS) is 21.0. The number of carbonyl (C=O) groups is 2. The number of methoxy groups -OCH3 is 1. The number of thiocarbonyl (C=S) groups is 1. The maximum Gasteiger partial charge on any atom is 0.253 e. The molecule has 0 aromatic heterocycles. The third-order valence-electron chi connectivity index (χ3n) is 7.99. The van der Waals surface area contributed by atoms with Crippen LogP contribution in [0.15, 0.2) is 77.4 Å². The second-order valence-corrected chi connectivity index (χ2v) is 10.8. The van der Waals surface area contributed by atoms with Crippen molar-refractivity contribution in [3.63, 3.8) is 0 Å². The van der Waals surface area contributed by atoms with Crippen LogP contribution in [0.2, 0.25) is 0 Å². The van der Waals surface area contributed by atoms with Crippen LogP contribution in [0, 0.1) is 5.92 Å². The third-order valence-corrected chi connectivity index (χ3v) is 8.30. The van der Waals surface area contributed by atoms with Gasteiger partial charge in [0.05, 0.1) is 32.6 Å². The van der Waals surface area contributed by atoms with Gasteiger partial charge in [-0.2, -0.15) is 0 Å². The molecule has 3 aliphatic heterocycles. The lowest BCUT2D eigenvalue weighted by molar-refractivity contribution is -0.129. The van der Waals surface area contributed by atoms with E-state index in [9.17, 15) is 9.59 Å². The zero-order valence-corrected chi connectivity index (χ0v) is 23.9. The quantitative estimate of drug-likeness (QED) is 0.493. The first-order chi connectivity index (χ1) is 20.0. The Labute approximate surface area is 245 Å². The molecule has 2 aromatic rings. The Bertz CT molecular complexity index is 1400. The number of benzene rings is 2. The second kappa shape index (κ2) is 11.8. The molecule has 41 heavy (non-hydrogen) atoms. The third kappa shape index (κ3) is 5.75. The Morgan fingerprint density at radius 3 is 2.34 bits per heavy atom. The number of fused-ring (bicyclic) bond motifs is 1. The van der Waals surface area contributed by atoms with E-state index in [0.717, 1.165) is 48.9 Å². The first-order valence-corrected chi connectivity index (χ1v) is 14.3. The van der Waals surface area contributed by atoms with Gasteiger partial charge < -0.3 is 24.2 Å². The van der Waals surface area contributed by atoms with Gasteiger partial charge >= 0.3 is 0 Å². The van der Waals surface area contributed by atoms with Gasteiger partial charge in [-0.25, -0.2) is 4.99 Å². The van der Waals surface area contributed by atoms with Crippen molar-refractivity contribution in [2.75, 3.05) is 64.5 Å². The van der Waals surface area contributed by atoms with Crippen molar-refractivity contribution in [1.29, 1.82) is 0 Å². The average Bonchev–Trinajstić information content (AvgIpc) is 3.03. The lowest BCUT2D eigenvalue weighted by Crippen LogP contribution is -2.48. The number of rotatable bonds is 6. The van der Waals surface area contributed by atoms with E-state index in [4.69, 9.17) is 21.7 Å². The Morgan fingerprint density at radius 1 is 0.951 bits per heavy atom. The van der Waals surface area contributed by atoms with Crippen LogP contribution in [0.25, 0.3) is 0 Å². The van der Waals surface area contributed by atoms with E-state index in [-0.39, 0.29) is 16.9 Å². The molecule has 2 fully saturated rings. The number of carbonyl (C=O) groups excluding carboxylic acids is 2. The van der Waals surface area contributed by atoms with E-state index in [1.807, 2.05) is 71.7 Å². The number of amides is 2. The van der Waals surface area contributed by atoms with E-state index < -0.39 is 5.92 Å². The van der Waals surface area contributed by atoms with E-state index in [1.165, 1.54) is 0 Å². The molecule has 0 saturated carbocycles. The fourth-order valence-electron chi connectivity index (χ4n) is 5.58. The number of hydrogen-bond acceptors (Lipinski definition) is 7. The van der Waals surface area contributed by atoms with Crippen LogP contribution in [0.4, 0.5) is 5.69 Å². The minimum absolute atomic E-state index is 0.0134. The standard InChI is InChI=1S/C31H33N5O4S/c1-39-26-9-6-24(7-10-26)33-12-14-35(15-13-33)29(37)23-4-2-22(3-5-23)21-36-30(38)27-20-25(34-16-18-40-19-17-34)8-11-28(27)32-31(36)41/h2-11,20,27H,12-19,21H2,1H3. The lowest BCUT2D eigenvalue weighted by Gasteiger charge is -2.36. The fraction of sp³-hybridized carbons (Fsp3) is 0.355. The molecule has 0 spiro atoms. The summed E-state index contributed by atoms with van der Waals surface area (Å²) in [4.78, 5) is 39.3. The van der Waals surface area contributed by atoms with Crippen molar-refractivity contribution in [2.45, 2.75) is 6.54 Å². The molecule has 1 aliphatic carbocycles. The molecule has 212 valence electrons. The predicted molar refractivity (Wildman–Crippen MR) is 161 cm³/mol. The van der Waals surface area contributed by atoms with Gasteiger partial charge in [-0.1, -0.05) is 12.1 Å². The number of ether oxygens (including phenoxy) is 2. The maximum atomic E-state index is 13.5. The number of nitrogens with zero attached hydrogens (tertiary/aromatic N) is 5. The number of piperazine rings is 1. The van der Waals surface area contributed by atoms with Crippen LogP contribution < -0.4 is 9.64 Å². The summed E-state index contributed by atoms with van der Waals surface area (Å²) >= 11 is 5.50. The summed E-state index contributed by atoms with van der Waals surface area (Å²) in [7, 11) is 1.66. The molecular weight excluding hydrogens is 538 g/mol. The zero-order chi connectivity index (χ0) is 28.3. The van der Waals surface area contributed by atoms with Crippen molar-refractivity contribution in [3.8, 4) is 5.75 Å². The maximum absolute atomic E-state index is 13.5. The average molecular weight is 572 g/mol. The van der Waals surface area contributed by atoms with E-state index >= 15 is 0 Å². The van der Waals surface area contributed by atoms with Gasteiger partial charge in [0.25, 0.3) is 5.91 Å². The second-order valence-electron chi connectivity index (χ2n) is 10.4. The van der Waals surface area contributed by atoms with Crippen LogP contribution in [-0.2, 0) is 16.1 Å². The number of allylic oxidation sites excluding steroid dienone is 2. The summed E-state index contributed by atoms with van der Waals surface area (Å²) in [5.74, 6) is 0.308. The van der Waals surface area contributed by atoms with Gasteiger partial charge in [0, 0.05) is 56.2 Å². The first kappa shape index (κ1) is 27.2. The van der Waals surface area contributed by atoms with Gasteiger partial charge in [0.1, 0.15) is 11.7 Å². The molecule has 0 N–H and O–H groups in total. The van der Waals surface area contributed by atoms with E-state index in [2.05, 4.69) is 14.8 Å². The summed E-state index contributed by atoms with van der Waals surface area (Å²) in [6.07, 6.45) is 5.88. The molecule has 1 atom stereocenters. The topological polar surface area (TPSA) is 77.9 Å². The van der Waals surface area contributed by atoms with Gasteiger partial charge in [-0.3, -0.25) is 14.5 Å². The molecule has 2 amide bonds. The highest BCUT2D eigenvalue weighted by atomic mass is 32.1. The number of hydrogen-bond donors (Lipinski definition) is 0. The largest absolute Gasteiger partial charge is 0.497 e. The van der Waals surface area contributed by atoms with Crippen molar-refractivity contribution in [1.82, 2.24) is 14.7 Å². The molecule has 9 nitrogen and oxygen atoms in total. The fourth-order valence-corrected chi connectivity index (χ4v) is 5.84. The summed E-state index contributed by atoms with van der Waals surface area (Å²) in [6.45, 7) is 6.11. The minimum atomic E-state index is -0.457. The van der Waals surface area contributed by atoms with Gasteiger partial charge in [0.2, 0.25) is 11.0 Å². The number of aliphatic imine (C=N–C) groups is 1. The van der Waals surface area contributed by atoms with Crippen LogP contribution in [-0.4, -0.2) is 96.9 Å². The highest BCUT2D eigenvalue weighted by Gasteiger charge is 2.35. The molecule has 0 bridgehead atoms. The summed E-state index contributed by atoms with van der Waals surface area (Å²) in [5, 5.41) is 0.268. The smallest absolute Gasteiger partial charge is 0.253 e. The highest BCUT2D eigenvalue weighted by Crippen LogP contribution is 2.26. The Morgan fingerprint density at radius 2 is 1.66 bits per heavy atom. The summed E-state index contributed by atoms with van der Waals surface area (Å²) in [5.41, 5.74) is 4.35. The van der Waals surface area contributed by atoms with Gasteiger partial charge in [-0.15, -0.1) is 0 Å². The summed E-state index contributed by atoms with van der Waals surface area (Å²) in [6, 6.07) is 15.5. The van der Waals surface area contributed by atoms with Crippen molar-refractivity contribution in [2.24, 2.45) is 10.9 Å². The predicted octanol–water partition coefficient (Wildman–Crippen LogP) is 3.13. The highest BCUT2D eigenvalue weighted by molar-refractivity contribution is 7.80. The molecule has 2 saturated heterocycles. The number of anilines is 1. The molecular formula is C31H33N5O4S. The molecule has 0 radical (unpaired) electrons. The molecule has 6 rings (SSSR count).